The second-order valence-electron chi connectivity index (χ2n) is 7.37. The van der Waals surface area contributed by atoms with Crippen molar-refractivity contribution in [3.8, 4) is 33.8 Å². The molecule has 3 heterocycles. The van der Waals surface area contributed by atoms with E-state index in [1.165, 1.54) is 0 Å². The largest absolute Gasteiger partial charge is 0 e. The first kappa shape index (κ1) is 22.2. The summed E-state index contributed by atoms with van der Waals surface area (Å²) in [6, 6.07) is 25.3. The number of hydrogen-bond donors (Lipinski definition) is 0. The van der Waals surface area contributed by atoms with E-state index in [2.05, 4.69) is 34.0 Å². The molecule has 4 aromatic rings. The summed E-state index contributed by atoms with van der Waals surface area (Å²) in [5, 5.41) is 1.82. The van der Waals surface area contributed by atoms with E-state index >= 15 is 0 Å². The Labute approximate surface area is 200 Å². The van der Waals surface area contributed by atoms with Gasteiger partial charge in [-0.05, 0) is 0 Å². The average molecular weight is 532 g/mol. The minimum atomic E-state index is -2.65. The van der Waals surface area contributed by atoms with Crippen molar-refractivity contribution < 1.29 is 21.1 Å². The molecule has 0 N–H and O–H groups in total. The summed E-state index contributed by atoms with van der Waals surface area (Å²) in [5.41, 5.74) is 5.36. The first-order chi connectivity index (χ1) is 14.6. The Morgan fingerprint density at radius 3 is 2.42 bits per heavy atom. The minimum absolute atomic E-state index is 0. The molecule has 1 atom stereocenters. The predicted molar refractivity (Wildman–Crippen MR) is 125 cm³/mol. The van der Waals surface area contributed by atoms with Crippen LogP contribution in [0.15, 0.2) is 72.9 Å². The van der Waals surface area contributed by atoms with Gasteiger partial charge in [0.25, 0.3) is 0 Å². The van der Waals surface area contributed by atoms with Crippen LogP contribution in [0, 0.1) is 6.07 Å². The van der Waals surface area contributed by atoms with Gasteiger partial charge in [0.1, 0.15) is 0 Å². The topological polar surface area (TPSA) is 42.9 Å². The van der Waals surface area contributed by atoms with Crippen molar-refractivity contribution in [3.63, 3.8) is 0 Å². The van der Waals surface area contributed by atoms with Gasteiger partial charge >= 0.3 is 185 Å². The van der Waals surface area contributed by atoms with Gasteiger partial charge in [-0.15, -0.1) is 0 Å². The van der Waals surface area contributed by atoms with E-state index in [9.17, 15) is 4.57 Å². The smallest absolute Gasteiger partial charge is 0 e. The van der Waals surface area contributed by atoms with Crippen molar-refractivity contribution in [3.05, 3.63) is 79.0 Å². The molecule has 0 saturated carbocycles. The number of pyridine rings is 2. The van der Waals surface area contributed by atoms with Gasteiger partial charge in [-0.25, -0.2) is 0 Å². The van der Waals surface area contributed by atoms with E-state index in [-0.39, 0.29) is 16.5 Å². The van der Waals surface area contributed by atoms with E-state index < -0.39 is 7.14 Å². The maximum absolute atomic E-state index is 14.0. The van der Waals surface area contributed by atoms with Gasteiger partial charge < -0.3 is 0 Å². The van der Waals surface area contributed by atoms with E-state index in [4.69, 9.17) is 4.98 Å². The normalized spacial score (nSPS) is 16.3. The van der Waals surface area contributed by atoms with Crippen molar-refractivity contribution in [2.75, 3.05) is 6.16 Å². The number of hydrogen-bond acceptors (Lipinski definition) is 3. The fourth-order valence-corrected chi connectivity index (χ4v) is 7.98. The predicted octanol–water partition coefficient (Wildman–Crippen LogP) is 4.11. The molecule has 0 saturated heterocycles. The first-order valence-corrected chi connectivity index (χ1v) is 12.7. The molecule has 0 fully saturated rings. The molecule has 0 spiro atoms. The second kappa shape index (κ2) is 8.85. The SMILES string of the molecule is CCCP1(=O)c2ccc(-c3[c-]c(-c4ccccn4)ccc3)nc2-c2c([Se])cccc21.[Ni]. The zero-order valence-electron chi connectivity index (χ0n) is 16.8. The van der Waals surface area contributed by atoms with Gasteiger partial charge in [-0.3, -0.25) is 0 Å². The Bertz CT molecular complexity index is 1310. The fourth-order valence-electron chi connectivity index (χ4n) is 4.11. The van der Waals surface area contributed by atoms with Crippen molar-refractivity contribution in [1.82, 2.24) is 9.97 Å². The molecule has 0 aliphatic carbocycles. The van der Waals surface area contributed by atoms with Crippen LogP contribution in [0.4, 0.5) is 0 Å². The van der Waals surface area contributed by atoms with Crippen LogP contribution in [0.1, 0.15) is 13.3 Å². The number of aromatic nitrogens is 2. The molecule has 5 rings (SSSR count). The minimum Gasteiger partial charge on any atom is 0 e. The monoisotopic (exact) mass is 532 g/mol. The van der Waals surface area contributed by atoms with E-state index in [1.807, 2.05) is 66.7 Å². The molecule has 1 aliphatic heterocycles. The van der Waals surface area contributed by atoms with Crippen LogP contribution < -0.4 is 15.1 Å². The average Bonchev–Trinajstić information content (AvgIpc) is 3.04. The summed E-state index contributed by atoms with van der Waals surface area (Å²) in [6.07, 6.45) is 3.32. The number of benzene rings is 2. The summed E-state index contributed by atoms with van der Waals surface area (Å²) in [6.45, 7) is 2.08. The summed E-state index contributed by atoms with van der Waals surface area (Å²) < 4.78 is 15.0. The maximum Gasteiger partial charge on any atom is 0 e. The van der Waals surface area contributed by atoms with Crippen LogP contribution in [-0.4, -0.2) is 32.1 Å². The standard InChI is InChI=1S/C25H19N2OPSe.Ni/c1-2-15-29(28)21-10-6-11-23(30)24(21)25-22(29)13-12-20(27-25)18-8-5-7-17(16-18)19-9-3-4-14-26-19;/h3-14H,2,15H2,1H3;/q-1;. The molecule has 6 heteroatoms. The first-order valence-electron chi connectivity index (χ1n) is 9.97. The van der Waals surface area contributed by atoms with Gasteiger partial charge in [0.05, 0.1) is 0 Å². The van der Waals surface area contributed by atoms with Gasteiger partial charge in [0.15, 0.2) is 0 Å². The Hall–Kier alpha value is -2.02. The Kier molecular flexibility index (Phi) is 6.33. The number of fused-ring (bicyclic) bond motifs is 3. The van der Waals surface area contributed by atoms with Crippen molar-refractivity contribution >= 4 is 38.2 Å². The fraction of sp³-hybridized carbons (Fsp3) is 0.120. The van der Waals surface area contributed by atoms with Crippen molar-refractivity contribution in [2.45, 2.75) is 13.3 Å². The maximum atomic E-state index is 14.0. The quantitative estimate of drug-likeness (QED) is 0.226. The van der Waals surface area contributed by atoms with Crippen LogP contribution >= 0.6 is 7.14 Å². The number of rotatable bonds is 4. The Morgan fingerprint density at radius 2 is 1.68 bits per heavy atom. The second-order valence-corrected chi connectivity index (χ2v) is 11.2. The third-order valence-corrected chi connectivity index (χ3v) is 9.52. The Balaban J connectivity index is 0.00000231. The van der Waals surface area contributed by atoms with Gasteiger partial charge in [0, 0.05) is 16.5 Å². The van der Waals surface area contributed by atoms with Crippen LogP contribution in [-0.2, 0) is 21.1 Å². The summed E-state index contributed by atoms with van der Waals surface area (Å²) in [7, 11) is -2.65. The van der Waals surface area contributed by atoms with E-state index in [0.29, 0.717) is 6.16 Å². The van der Waals surface area contributed by atoms with E-state index in [0.717, 1.165) is 55.3 Å². The molecular formula is C25H19N2NiOPSe-. The van der Waals surface area contributed by atoms with E-state index in [1.54, 1.807) is 6.20 Å². The molecule has 2 aromatic heterocycles. The molecule has 0 bridgehead atoms. The van der Waals surface area contributed by atoms with Crippen molar-refractivity contribution in [1.29, 1.82) is 0 Å². The molecule has 157 valence electrons. The van der Waals surface area contributed by atoms with Gasteiger partial charge in [0.2, 0.25) is 0 Å². The molecule has 3 nitrogen and oxygen atoms in total. The molecule has 1 unspecified atom stereocenters. The Morgan fingerprint density at radius 1 is 0.903 bits per heavy atom. The third kappa shape index (κ3) is 3.75. The summed E-state index contributed by atoms with van der Waals surface area (Å²) >= 11 is 3.14. The van der Waals surface area contributed by atoms with Gasteiger partial charge in [-0.2, -0.15) is 0 Å². The van der Waals surface area contributed by atoms with Crippen LogP contribution in [0.5, 0.6) is 0 Å². The zero-order chi connectivity index (χ0) is 20.7. The molecule has 2 aromatic carbocycles. The molecule has 1 aliphatic rings. The summed E-state index contributed by atoms with van der Waals surface area (Å²) in [5.74, 6) is 0. The third-order valence-electron chi connectivity index (χ3n) is 5.44. The molecule has 0 amide bonds. The summed E-state index contributed by atoms with van der Waals surface area (Å²) in [4.78, 5) is 9.42. The van der Waals surface area contributed by atoms with Crippen molar-refractivity contribution in [2.24, 2.45) is 0 Å². The molecular weight excluding hydrogens is 513 g/mol. The molecule has 31 heavy (non-hydrogen) atoms. The molecule has 1 radical (unpaired) electrons. The zero-order valence-corrected chi connectivity index (χ0v) is 20.4. The van der Waals surface area contributed by atoms with Crippen LogP contribution in [0.3, 0.4) is 0 Å². The number of nitrogens with zero attached hydrogens (tertiary/aromatic N) is 2. The van der Waals surface area contributed by atoms with Crippen LogP contribution in [0.2, 0.25) is 0 Å². The van der Waals surface area contributed by atoms with Gasteiger partial charge in [-0.1, -0.05) is 0 Å². The van der Waals surface area contributed by atoms with Crippen LogP contribution in [0.25, 0.3) is 33.8 Å².